The normalized spacial score (nSPS) is 0. The van der Waals surface area contributed by atoms with Gasteiger partial charge >= 0.3 is 0 Å². The minimum atomic E-state index is 0. The Balaban J connectivity index is 0. The van der Waals surface area contributed by atoms with Gasteiger partial charge in [0.1, 0.15) is 0 Å². The fourth-order valence-electron chi connectivity index (χ4n) is 0. The molecule has 0 atom stereocenters. The molecular formula is Fe4Pt. The van der Waals surface area contributed by atoms with Gasteiger partial charge in [0.2, 0.25) is 0 Å². The molecule has 0 saturated heterocycles. The first-order valence-electron chi connectivity index (χ1n) is 0. The molecule has 0 nitrogen and oxygen atoms in total. The van der Waals surface area contributed by atoms with E-state index in [9.17, 15) is 0 Å². The maximum Gasteiger partial charge on any atom is 0 e. The van der Waals surface area contributed by atoms with Crippen LogP contribution < -0.4 is 0 Å². The number of hydrogen-bond donors (Lipinski definition) is 0. The van der Waals surface area contributed by atoms with Gasteiger partial charge in [-0.15, -0.1) is 0 Å². The van der Waals surface area contributed by atoms with Crippen LogP contribution in [-0.2, 0) is 89.3 Å². The Kier molecular flexibility index (Phi) is 273. The Bertz CT molecular complexity index is 3.61. The molecular weight excluding hydrogens is 418 g/mol. The van der Waals surface area contributed by atoms with Crippen LogP contribution in [0.5, 0.6) is 0 Å². The van der Waals surface area contributed by atoms with Crippen molar-refractivity contribution in [1.29, 1.82) is 0 Å². The van der Waals surface area contributed by atoms with Crippen molar-refractivity contribution in [2.75, 3.05) is 0 Å². The van der Waals surface area contributed by atoms with Gasteiger partial charge in [0, 0.05) is 89.3 Å². The zero-order valence-corrected chi connectivity index (χ0v) is 8.42. The molecule has 0 bridgehead atoms. The van der Waals surface area contributed by atoms with Crippen LogP contribution in [0.3, 0.4) is 0 Å². The first kappa shape index (κ1) is 46.5. The minimum absolute atomic E-state index is 0. The summed E-state index contributed by atoms with van der Waals surface area (Å²) in [4.78, 5) is 0. The van der Waals surface area contributed by atoms with Crippen molar-refractivity contribution in [1.82, 2.24) is 0 Å². The Labute approximate surface area is 88.1 Å². The van der Waals surface area contributed by atoms with Crippen LogP contribution in [0.25, 0.3) is 0 Å². The van der Waals surface area contributed by atoms with Crippen molar-refractivity contribution in [2.45, 2.75) is 0 Å². The van der Waals surface area contributed by atoms with Gasteiger partial charge in [-0.3, -0.25) is 0 Å². The van der Waals surface area contributed by atoms with Crippen LogP contribution in [0.15, 0.2) is 0 Å². The van der Waals surface area contributed by atoms with E-state index < -0.39 is 0 Å². The monoisotopic (exact) mass is 419 g/mol. The summed E-state index contributed by atoms with van der Waals surface area (Å²) < 4.78 is 0. The molecule has 5 heavy (non-hydrogen) atoms. The Morgan fingerprint density at radius 1 is 0.400 bits per heavy atom. The molecule has 0 aliphatic rings. The molecule has 0 fully saturated rings. The Morgan fingerprint density at radius 2 is 0.400 bits per heavy atom. The predicted octanol–water partition coefficient (Wildman–Crippen LogP) is -0.0125. The maximum absolute atomic E-state index is 0. The van der Waals surface area contributed by atoms with Crippen LogP contribution in [0.4, 0.5) is 0 Å². The van der Waals surface area contributed by atoms with Gasteiger partial charge in [-0.05, 0) is 0 Å². The molecule has 42 valence electrons. The molecule has 0 aliphatic carbocycles. The molecule has 0 rings (SSSR count). The minimum Gasteiger partial charge on any atom is 0 e. The maximum atomic E-state index is 0. The Hall–Kier alpha value is 2.77. The molecule has 0 N–H and O–H groups in total. The van der Waals surface area contributed by atoms with Gasteiger partial charge in [-0.1, -0.05) is 0 Å². The summed E-state index contributed by atoms with van der Waals surface area (Å²) >= 11 is 0. The molecule has 0 heterocycles. The third kappa shape index (κ3) is 20.1. The second-order valence-electron chi connectivity index (χ2n) is 0. The third-order valence-corrected chi connectivity index (χ3v) is 0. The summed E-state index contributed by atoms with van der Waals surface area (Å²) in [5, 5.41) is 0. The fraction of sp³-hybridized carbons (Fsp3) is 0. The molecule has 5 heteroatoms. The van der Waals surface area contributed by atoms with Gasteiger partial charge in [0.15, 0.2) is 0 Å². The standard InChI is InChI=1S/4Fe.Pt. The molecule has 0 saturated carbocycles. The zero-order chi connectivity index (χ0) is 0. The van der Waals surface area contributed by atoms with E-state index in [1.54, 1.807) is 0 Å². The summed E-state index contributed by atoms with van der Waals surface area (Å²) in [5.41, 5.74) is 0. The van der Waals surface area contributed by atoms with Gasteiger partial charge in [-0.25, -0.2) is 0 Å². The second kappa shape index (κ2) is 29.4. The molecule has 0 spiro atoms. The first-order chi connectivity index (χ1) is 0. The Morgan fingerprint density at radius 3 is 0.400 bits per heavy atom. The largest absolute Gasteiger partial charge is 0 e. The summed E-state index contributed by atoms with van der Waals surface area (Å²) in [7, 11) is 0. The molecule has 0 radical (unpaired) electrons. The van der Waals surface area contributed by atoms with Gasteiger partial charge < -0.3 is 0 Å². The molecule has 0 aliphatic heterocycles. The van der Waals surface area contributed by atoms with E-state index in [-0.39, 0.29) is 89.3 Å². The van der Waals surface area contributed by atoms with Gasteiger partial charge in [0.25, 0.3) is 0 Å². The average molecular weight is 418 g/mol. The van der Waals surface area contributed by atoms with Crippen LogP contribution in [0.2, 0.25) is 0 Å². The number of hydrogen-bond acceptors (Lipinski definition) is 0. The van der Waals surface area contributed by atoms with E-state index >= 15 is 0 Å². The second-order valence-corrected chi connectivity index (χ2v) is 0. The third-order valence-electron chi connectivity index (χ3n) is 0. The van der Waals surface area contributed by atoms with E-state index in [0.717, 1.165) is 0 Å². The molecule has 0 aromatic heterocycles. The van der Waals surface area contributed by atoms with Crippen molar-refractivity contribution >= 4 is 0 Å². The topological polar surface area (TPSA) is 0 Å². The summed E-state index contributed by atoms with van der Waals surface area (Å²) in [5.74, 6) is 0. The average Bonchev–Trinajstić information content (AvgIpc) is 0. The smallest absolute Gasteiger partial charge is 0 e. The van der Waals surface area contributed by atoms with E-state index in [1.165, 1.54) is 0 Å². The summed E-state index contributed by atoms with van der Waals surface area (Å²) in [6, 6.07) is 0. The van der Waals surface area contributed by atoms with Crippen LogP contribution >= 0.6 is 0 Å². The quantitative estimate of drug-likeness (QED) is 0.486. The van der Waals surface area contributed by atoms with Gasteiger partial charge in [-0.2, -0.15) is 0 Å². The SMILES string of the molecule is [Fe].[Fe].[Fe].[Fe].[Pt]. The van der Waals surface area contributed by atoms with Crippen LogP contribution in [0.1, 0.15) is 0 Å². The van der Waals surface area contributed by atoms with Crippen molar-refractivity contribution in [2.24, 2.45) is 0 Å². The van der Waals surface area contributed by atoms with Crippen molar-refractivity contribution in [3.05, 3.63) is 0 Å². The van der Waals surface area contributed by atoms with E-state index in [4.69, 9.17) is 0 Å². The molecule has 0 aromatic rings. The molecule has 0 unspecified atom stereocenters. The number of rotatable bonds is 0. The summed E-state index contributed by atoms with van der Waals surface area (Å²) in [6.07, 6.45) is 0. The summed E-state index contributed by atoms with van der Waals surface area (Å²) in [6.45, 7) is 0. The van der Waals surface area contributed by atoms with Crippen LogP contribution in [-0.4, -0.2) is 0 Å². The van der Waals surface area contributed by atoms with Gasteiger partial charge in [0.05, 0.1) is 0 Å². The zero-order valence-electron chi connectivity index (χ0n) is 1.73. The fourth-order valence-corrected chi connectivity index (χ4v) is 0. The molecule has 0 aromatic carbocycles. The van der Waals surface area contributed by atoms with E-state index in [1.807, 2.05) is 0 Å². The van der Waals surface area contributed by atoms with Crippen molar-refractivity contribution in [3.8, 4) is 0 Å². The van der Waals surface area contributed by atoms with Crippen molar-refractivity contribution in [3.63, 3.8) is 0 Å². The predicted molar refractivity (Wildman–Crippen MR) is 0 cm³/mol. The van der Waals surface area contributed by atoms with Crippen LogP contribution in [0, 0.1) is 0 Å². The first-order valence-corrected chi connectivity index (χ1v) is 0. The van der Waals surface area contributed by atoms with E-state index in [2.05, 4.69) is 0 Å². The molecule has 0 amide bonds. The van der Waals surface area contributed by atoms with E-state index in [0.29, 0.717) is 0 Å². The van der Waals surface area contributed by atoms with Crippen molar-refractivity contribution < 1.29 is 89.3 Å².